The van der Waals surface area contributed by atoms with Gasteiger partial charge in [0.25, 0.3) is 0 Å². The molecule has 0 aromatic carbocycles. The summed E-state index contributed by atoms with van der Waals surface area (Å²) in [4.78, 5) is 21.2. The second-order valence-electron chi connectivity index (χ2n) is 8.05. The van der Waals surface area contributed by atoms with Crippen molar-refractivity contribution in [3.8, 4) is 0 Å². The molecule has 0 bridgehead atoms. The molecule has 6 nitrogen and oxygen atoms in total. The van der Waals surface area contributed by atoms with E-state index in [1.54, 1.807) is 5.06 Å². The smallest absolute Gasteiger partial charge is 0.249 e. The average molecular weight is 352 g/mol. The Morgan fingerprint density at radius 2 is 1.84 bits per heavy atom. The summed E-state index contributed by atoms with van der Waals surface area (Å²) in [6.45, 7) is 7.19. The molecule has 4 rings (SSSR count). The third kappa shape index (κ3) is 4.18. The Morgan fingerprint density at radius 1 is 0.960 bits per heavy atom. The Morgan fingerprint density at radius 3 is 2.64 bits per heavy atom. The molecule has 3 atom stereocenters. The summed E-state index contributed by atoms with van der Waals surface area (Å²) >= 11 is 0. The minimum atomic E-state index is 0.0642. The largest absolute Gasteiger partial charge is 0.381 e. The molecule has 0 aliphatic carbocycles. The fourth-order valence-electron chi connectivity index (χ4n) is 4.91. The van der Waals surface area contributed by atoms with Crippen molar-refractivity contribution in [3.05, 3.63) is 0 Å². The first kappa shape index (κ1) is 17.7. The number of hydrogen-bond donors (Lipinski definition) is 0. The summed E-state index contributed by atoms with van der Waals surface area (Å²) in [6, 6.07) is 0. The molecule has 142 valence electrons. The summed E-state index contributed by atoms with van der Waals surface area (Å²) in [5.41, 5.74) is 0. The molecule has 6 heteroatoms. The van der Waals surface area contributed by atoms with E-state index in [4.69, 9.17) is 14.3 Å². The molecule has 0 aromatic rings. The van der Waals surface area contributed by atoms with Gasteiger partial charge in [-0.15, -0.1) is 0 Å². The van der Waals surface area contributed by atoms with E-state index in [-0.39, 0.29) is 17.9 Å². The molecule has 0 N–H and O–H groups in total. The third-order valence-corrected chi connectivity index (χ3v) is 6.38. The van der Waals surface area contributed by atoms with Crippen molar-refractivity contribution in [2.45, 2.75) is 44.6 Å². The lowest BCUT2D eigenvalue weighted by atomic mass is 9.78. The maximum absolute atomic E-state index is 13.0. The summed E-state index contributed by atoms with van der Waals surface area (Å²) in [7, 11) is 0. The van der Waals surface area contributed by atoms with Crippen LogP contribution >= 0.6 is 0 Å². The number of hydroxylamine groups is 2. The van der Waals surface area contributed by atoms with Crippen LogP contribution in [0.1, 0.15) is 38.5 Å². The minimum Gasteiger partial charge on any atom is -0.381 e. The van der Waals surface area contributed by atoms with Gasteiger partial charge in [-0.25, -0.2) is 5.06 Å². The molecule has 0 unspecified atom stereocenters. The molecule has 4 aliphatic rings. The van der Waals surface area contributed by atoms with Crippen molar-refractivity contribution in [2.24, 2.45) is 17.8 Å². The highest BCUT2D eigenvalue weighted by Crippen LogP contribution is 2.35. The number of likely N-dealkylation sites (tertiary alicyclic amines) is 1. The van der Waals surface area contributed by atoms with Crippen LogP contribution in [0.25, 0.3) is 0 Å². The SMILES string of the molecule is O=C([C@@H]1CCO[C@@H]2CCN(CC3CCOCC3)C[C@H]21)N1CCCCO1. The molecule has 0 aromatic heterocycles. The molecular formula is C19H32N2O4. The molecule has 0 spiro atoms. The lowest BCUT2D eigenvalue weighted by molar-refractivity contribution is -0.210. The van der Waals surface area contributed by atoms with Crippen molar-refractivity contribution in [3.63, 3.8) is 0 Å². The van der Waals surface area contributed by atoms with E-state index in [1.165, 1.54) is 12.8 Å². The van der Waals surface area contributed by atoms with Crippen LogP contribution in [0, 0.1) is 17.8 Å². The fraction of sp³-hybridized carbons (Fsp3) is 0.947. The van der Waals surface area contributed by atoms with Gasteiger partial charge in [0.2, 0.25) is 5.91 Å². The molecular weight excluding hydrogens is 320 g/mol. The molecule has 4 fully saturated rings. The Bertz CT molecular complexity index is 449. The lowest BCUT2D eigenvalue weighted by Gasteiger charge is -2.46. The zero-order valence-corrected chi connectivity index (χ0v) is 15.2. The van der Waals surface area contributed by atoms with E-state index >= 15 is 0 Å². The van der Waals surface area contributed by atoms with Crippen molar-refractivity contribution in [1.29, 1.82) is 0 Å². The van der Waals surface area contributed by atoms with Crippen LogP contribution < -0.4 is 0 Å². The summed E-state index contributed by atoms with van der Waals surface area (Å²) in [5.74, 6) is 1.33. The first-order chi connectivity index (χ1) is 12.3. The maximum Gasteiger partial charge on any atom is 0.249 e. The minimum absolute atomic E-state index is 0.0642. The predicted octanol–water partition coefficient (Wildman–Crippen LogP) is 1.69. The number of carbonyl (C=O) groups is 1. The van der Waals surface area contributed by atoms with Crippen LogP contribution in [-0.4, -0.2) is 74.6 Å². The molecule has 4 aliphatic heterocycles. The Labute approximate surface area is 150 Å². The van der Waals surface area contributed by atoms with Crippen LogP contribution in [0.2, 0.25) is 0 Å². The standard InChI is InChI=1S/C19H32N2O4/c22-19(21-7-1-2-9-25-21)16-6-12-24-18-3-8-20(14-17(16)18)13-15-4-10-23-11-5-15/h15-18H,1-14H2/t16-,17+,18-/m1/s1. The number of nitrogens with zero attached hydrogens (tertiary/aromatic N) is 2. The Balaban J connectivity index is 1.37. The number of amides is 1. The second-order valence-corrected chi connectivity index (χ2v) is 8.05. The number of rotatable bonds is 3. The third-order valence-electron chi connectivity index (χ3n) is 6.38. The van der Waals surface area contributed by atoms with Crippen LogP contribution in [0.3, 0.4) is 0 Å². The Hall–Kier alpha value is -0.690. The van der Waals surface area contributed by atoms with Crippen LogP contribution in [0.5, 0.6) is 0 Å². The first-order valence-corrected chi connectivity index (χ1v) is 10.2. The van der Waals surface area contributed by atoms with E-state index < -0.39 is 0 Å². The van der Waals surface area contributed by atoms with Crippen molar-refractivity contribution < 1.29 is 19.1 Å². The zero-order valence-electron chi connectivity index (χ0n) is 15.2. The highest BCUT2D eigenvalue weighted by atomic mass is 16.7. The van der Waals surface area contributed by atoms with E-state index in [1.807, 2.05) is 0 Å². The van der Waals surface area contributed by atoms with Gasteiger partial charge in [0.1, 0.15) is 0 Å². The van der Waals surface area contributed by atoms with E-state index in [0.29, 0.717) is 19.1 Å². The molecule has 1 amide bonds. The quantitative estimate of drug-likeness (QED) is 0.774. The van der Waals surface area contributed by atoms with Gasteiger partial charge in [0.05, 0.1) is 12.7 Å². The number of ether oxygens (including phenoxy) is 2. The molecule has 25 heavy (non-hydrogen) atoms. The van der Waals surface area contributed by atoms with Gasteiger partial charge in [-0.05, 0) is 44.4 Å². The Kier molecular flexibility index (Phi) is 5.90. The molecule has 4 heterocycles. The van der Waals surface area contributed by atoms with Gasteiger partial charge in [0.15, 0.2) is 0 Å². The second kappa shape index (κ2) is 8.33. The van der Waals surface area contributed by atoms with Gasteiger partial charge < -0.3 is 14.4 Å². The van der Waals surface area contributed by atoms with Crippen LogP contribution in [0.15, 0.2) is 0 Å². The summed E-state index contributed by atoms with van der Waals surface area (Å²) in [6.07, 6.45) is 6.60. The normalized spacial score (nSPS) is 35.4. The number of hydrogen-bond acceptors (Lipinski definition) is 5. The number of fused-ring (bicyclic) bond motifs is 1. The van der Waals surface area contributed by atoms with E-state index in [0.717, 1.165) is 71.0 Å². The van der Waals surface area contributed by atoms with Gasteiger partial charge in [0, 0.05) is 57.8 Å². The lowest BCUT2D eigenvalue weighted by Crippen LogP contribution is -2.55. The van der Waals surface area contributed by atoms with Gasteiger partial charge in [-0.2, -0.15) is 0 Å². The highest BCUT2D eigenvalue weighted by Gasteiger charge is 2.43. The molecule has 0 radical (unpaired) electrons. The summed E-state index contributed by atoms with van der Waals surface area (Å²) in [5, 5.41) is 1.65. The van der Waals surface area contributed by atoms with Crippen molar-refractivity contribution >= 4 is 5.91 Å². The zero-order chi connectivity index (χ0) is 17.1. The molecule has 0 saturated carbocycles. The van der Waals surface area contributed by atoms with Crippen molar-refractivity contribution in [1.82, 2.24) is 9.96 Å². The predicted molar refractivity (Wildman–Crippen MR) is 92.8 cm³/mol. The number of piperidine rings is 1. The molecule has 4 saturated heterocycles. The monoisotopic (exact) mass is 352 g/mol. The highest BCUT2D eigenvalue weighted by molar-refractivity contribution is 5.78. The maximum atomic E-state index is 13.0. The van der Waals surface area contributed by atoms with Gasteiger partial charge in [-0.3, -0.25) is 9.63 Å². The fourth-order valence-corrected chi connectivity index (χ4v) is 4.91. The summed E-state index contributed by atoms with van der Waals surface area (Å²) < 4.78 is 11.5. The topological polar surface area (TPSA) is 51.2 Å². The first-order valence-electron chi connectivity index (χ1n) is 10.2. The van der Waals surface area contributed by atoms with E-state index in [2.05, 4.69) is 4.90 Å². The number of carbonyl (C=O) groups excluding carboxylic acids is 1. The van der Waals surface area contributed by atoms with Crippen LogP contribution in [-0.2, 0) is 19.1 Å². The van der Waals surface area contributed by atoms with Gasteiger partial charge in [-0.1, -0.05) is 0 Å². The van der Waals surface area contributed by atoms with Crippen LogP contribution in [0.4, 0.5) is 0 Å². The average Bonchev–Trinajstić information content (AvgIpc) is 2.68. The van der Waals surface area contributed by atoms with E-state index in [9.17, 15) is 4.79 Å². The van der Waals surface area contributed by atoms with Gasteiger partial charge >= 0.3 is 0 Å². The van der Waals surface area contributed by atoms with Crippen molar-refractivity contribution in [2.75, 3.05) is 52.6 Å².